The number of hydrogen-bond donors (Lipinski definition) is 0. The molecular weight excluding hydrogens is 304 g/mol. The maximum atomic E-state index is 5.60. The van der Waals surface area contributed by atoms with Crippen LogP contribution < -0.4 is 9.64 Å². The third kappa shape index (κ3) is 2.73. The van der Waals surface area contributed by atoms with Crippen molar-refractivity contribution >= 4 is 17.2 Å². The highest BCUT2D eigenvalue weighted by atomic mass is 16.5. The number of fused-ring (bicyclic) bond motifs is 1. The Hall–Kier alpha value is -2.47. The second-order valence-corrected chi connectivity index (χ2v) is 5.96. The summed E-state index contributed by atoms with van der Waals surface area (Å²) >= 11 is 0. The normalized spacial score (nSPS) is 19.3. The van der Waals surface area contributed by atoms with Crippen LogP contribution in [0.5, 0.6) is 5.75 Å². The Balaban J connectivity index is 1.59. The van der Waals surface area contributed by atoms with Crippen molar-refractivity contribution in [2.75, 3.05) is 31.2 Å². The van der Waals surface area contributed by atoms with Crippen molar-refractivity contribution in [3.8, 4) is 5.75 Å². The molecule has 0 saturated carbocycles. The molecule has 2 aliphatic heterocycles. The van der Waals surface area contributed by atoms with Gasteiger partial charge in [-0.15, -0.1) is 0 Å². The maximum Gasteiger partial charge on any atom is 0.132 e. The average Bonchev–Trinajstić information content (AvgIpc) is 2.58. The highest BCUT2D eigenvalue weighted by Crippen LogP contribution is 2.35. The Kier molecular flexibility index (Phi) is 3.90. The third-order valence-corrected chi connectivity index (χ3v) is 4.23. The molecule has 1 aromatic carbocycles. The lowest BCUT2D eigenvalue weighted by Gasteiger charge is -2.32. The van der Waals surface area contributed by atoms with E-state index in [4.69, 9.17) is 9.47 Å². The molecule has 1 aromatic heterocycles. The minimum atomic E-state index is 0.215. The topological polar surface area (TPSA) is 59.8 Å². The van der Waals surface area contributed by atoms with E-state index in [-0.39, 0.29) is 6.10 Å². The minimum absolute atomic E-state index is 0.215. The van der Waals surface area contributed by atoms with Crippen LogP contribution in [0.3, 0.4) is 0 Å². The van der Waals surface area contributed by atoms with E-state index in [2.05, 4.69) is 26.8 Å². The summed E-state index contributed by atoms with van der Waals surface area (Å²) in [6, 6.07) is 7.96. The van der Waals surface area contributed by atoms with Gasteiger partial charge in [-0.05, 0) is 32.0 Å². The van der Waals surface area contributed by atoms with Gasteiger partial charge in [0, 0.05) is 24.7 Å². The second kappa shape index (κ2) is 6.20. The summed E-state index contributed by atoms with van der Waals surface area (Å²) in [7, 11) is 0. The molecule has 0 aliphatic carbocycles. The van der Waals surface area contributed by atoms with Crippen LogP contribution in [0.1, 0.15) is 25.1 Å². The molecule has 124 valence electrons. The van der Waals surface area contributed by atoms with Crippen molar-refractivity contribution in [1.29, 1.82) is 0 Å². The first-order valence-corrected chi connectivity index (χ1v) is 8.29. The molecule has 6 heteroatoms. The Morgan fingerprint density at radius 1 is 1.29 bits per heavy atom. The number of anilines is 1. The molecule has 1 fully saturated rings. The van der Waals surface area contributed by atoms with E-state index in [0.717, 1.165) is 53.9 Å². The van der Waals surface area contributed by atoms with Gasteiger partial charge in [0.1, 0.15) is 17.9 Å². The quantitative estimate of drug-likeness (QED) is 0.738. The van der Waals surface area contributed by atoms with Gasteiger partial charge in [0.15, 0.2) is 0 Å². The van der Waals surface area contributed by atoms with E-state index in [1.807, 2.05) is 31.2 Å². The molecule has 1 saturated heterocycles. The molecule has 2 aromatic rings. The van der Waals surface area contributed by atoms with Crippen molar-refractivity contribution in [1.82, 2.24) is 9.97 Å². The lowest BCUT2D eigenvalue weighted by atomic mass is 9.99. The van der Waals surface area contributed by atoms with E-state index in [1.165, 1.54) is 0 Å². The van der Waals surface area contributed by atoms with Gasteiger partial charge in [0.05, 0.1) is 36.4 Å². The molecule has 0 bridgehead atoms. The second-order valence-electron chi connectivity index (χ2n) is 5.96. The van der Waals surface area contributed by atoms with Crippen LogP contribution in [0, 0.1) is 0 Å². The van der Waals surface area contributed by atoms with Gasteiger partial charge in [-0.3, -0.25) is 0 Å². The van der Waals surface area contributed by atoms with Gasteiger partial charge in [-0.1, -0.05) is 0 Å². The summed E-state index contributed by atoms with van der Waals surface area (Å²) in [5, 5.41) is 0. The SMILES string of the molecule is CCOc1ccc2c(c1)C(c1cc(N3CCOC(C)C3)ncn1)=N2. The fourth-order valence-corrected chi connectivity index (χ4v) is 3.06. The first-order chi connectivity index (χ1) is 11.7. The number of aromatic nitrogens is 2. The zero-order chi connectivity index (χ0) is 16.5. The molecule has 2 aliphatic rings. The van der Waals surface area contributed by atoms with Gasteiger partial charge in [0.25, 0.3) is 0 Å². The number of morpholine rings is 1. The van der Waals surface area contributed by atoms with Crippen LogP contribution in [-0.4, -0.2) is 48.1 Å². The van der Waals surface area contributed by atoms with Crippen molar-refractivity contribution in [3.05, 3.63) is 41.9 Å². The molecule has 0 spiro atoms. The smallest absolute Gasteiger partial charge is 0.132 e. The van der Waals surface area contributed by atoms with Crippen molar-refractivity contribution in [3.63, 3.8) is 0 Å². The molecule has 1 unspecified atom stereocenters. The number of rotatable bonds is 4. The molecule has 24 heavy (non-hydrogen) atoms. The van der Waals surface area contributed by atoms with Crippen molar-refractivity contribution in [2.24, 2.45) is 4.99 Å². The Morgan fingerprint density at radius 2 is 2.21 bits per heavy atom. The number of benzene rings is 1. The molecule has 0 amide bonds. The molecule has 6 nitrogen and oxygen atoms in total. The molecule has 3 heterocycles. The number of nitrogens with zero attached hydrogens (tertiary/aromatic N) is 4. The summed E-state index contributed by atoms with van der Waals surface area (Å²) in [6.07, 6.45) is 1.82. The van der Waals surface area contributed by atoms with E-state index >= 15 is 0 Å². The molecule has 0 N–H and O–H groups in total. The van der Waals surface area contributed by atoms with Crippen LogP contribution in [0.4, 0.5) is 11.5 Å². The number of ether oxygens (including phenoxy) is 2. The fraction of sp³-hybridized carbons (Fsp3) is 0.389. The summed E-state index contributed by atoms with van der Waals surface area (Å²) in [5.74, 6) is 1.78. The van der Waals surface area contributed by atoms with Gasteiger partial charge in [-0.2, -0.15) is 0 Å². The predicted octanol–water partition coefficient (Wildman–Crippen LogP) is 2.58. The fourth-order valence-electron chi connectivity index (χ4n) is 3.06. The van der Waals surface area contributed by atoms with Gasteiger partial charge in [-0.25, -0.2) is 15.0 Å². The van der Waals surface area contributed by atoms with Crippen LogP contribution in [0.2, 0.25) is 0 Å². The van der Waals surface area contributed by atoms with Gasteiger partial charge >= 0.3 is 0 Å². The highest BCUT2D eigenvalue weighted by Gasteiger charge is 2.24. The summed E-state index contributed by atoms with van der Waals surface area (Å²) in [4.78, 5) is 15.6. The first-order valence-electron chi connectivity index (χ1n) is 8.29. The first kappa shape index (κ1) is 15.1. The molecule has 1 atom stereocenters. The Morgan fingerprint density at radius 3 is 3.04 bits per heavy atom. The van der Waals surface area contributed by atoms with Crippen LogP contribution in [-0.2, 0) is 4.74 Å². The van der Waals surface area contributed by atoms with Crippen LogP contribution in [0.15, 0.2) is 35.6 Å². The third-order valence-electron chi connectivity index (χ3n) is 4.23. The van der Waals surface area contributed by atoms with Crippen LogP contribution in [0.25, 0.3) is 0 Å². The van der Waals surface area contributed by atoms with Crippen molar-refractivity contribution in [2.45, 2.75) is 20.0 Å². The monoisotopic (exact) mass is 324 g/mol. The highest BCUT2D eigenvalue weighted by molar-refractivity contribution is 6.21. The zero-order valence-electron chi connectivity index (χ0n) is 13.9. The largest absolute Gasteiger partial charge is 0.494 e. The Labute approximate surface area is 141 Å². The molecular formula is C18H20N4O2. The van der Waals surface area contributed by atoms with Gasteiger partial charge in [0.2, 0.25) is 0 Å². The number of hydrogen-bond acceptors (Lipinski definition) is 6. The van der Waals surface area contributed by atoms with E-state index < -0.39 is 0 Å². The standard InChI is InChI=1S/C18H20N4O2/c1-3-23-13-4-5-15-14(8-13)18(21-15)16-9-17(20-11-19-16)22-6-7-24-12(2)10-22/h4-5,8-9,11-12H,3,6-7,10H2,1-2H3. The van der Waals surface area contributed by atoms with Crippen molar-refractivity contribution < 1.29 is 9.47 Å². The number of aliphatic imine (C=N–C) groups is 1. The average molecular weight is 324 g/mol. The lowest BCUT2D eigenvalue weighted by Crippen LogP contribution is -2.41. The van der Waals surface area contributed by atoms with Gasteiger partial charge < -0.3 is 14.4 Å². The predicted molar refractivity (Wildman–Crippen MR) is 92.6 cm³/mol. The zero-order valence-corrected chi connectivity index (χ0v) is 13.9. The van der Waals surface area contributed by atoms with Crippen LogP contribution >= 0.6 is 0 Å². The van der Waals surface area contributed by atoms with E-state index in [1.54, 1.807) is 6.33 Å². The maximum absolute atomic E-state index is 5.60. The summed E-state index contributed by atoms with van der Waals surface area (Å²) < 4.78 is 11.2. The Bertz CT molecular complexity index is 790. The lowest BCUT2D eigenvalue weighted by molar-refractivity contribution is 0.0529. The summed E-state index contributed by atoms with van der Waals surface area (Å²) in [6.45, 7) is 7.12. The molecule has 4 rings (SSSR count). The minimum Gasteiger partial charge on any atom is -0.494 e. The molecule has 0 radical (unpaired) electrons. The van der Waals surface area contributed by atoms with E-state index in [9.17, 15) is 0 Å². The summed E-state index contributed by atoms with van der Waals surface area (Å²) in [5.41, 5.74) is 3.81. The van der Waals surface area contributed by atoms with E-state index in [0.29, 0.717) is 6.61 Å².